The van der Waals surface area contributed by atoms with Crippen molar-refractivity contribution in [3.05, 3.63) is 6.20 Å². The zero-order chi connectivity index (χ0) is 13.5. The van der Waals surface area contributed by atoms with Crippen LogP contribution >= 0.6 is 0 Å². The van der Waals surface area contributed by atoms with Crippen LogP contribution in [0, 0.1) is 0 Å². The number of nitrogens with zero attached hydrogens (tertiary/aromatic N) is 5. The maximum Gasteiger partial charge on any atom is 0.241 e. The molecule has 2 aliphatic rings. The predicted molar refractivity (Wildman–Crippen MR) is 76.3 cm³/mol. The Hall–Kier alpha value is -1.93. The number of rotatable bonds is 2. The number of aromatic amines is 1. The molecule has 2 saturated heterocycles. The lowest BCUT2D eigenvalue weighted by atomic mass is 10.1. The van der Waals surface area contributed by atoms with Crippen molar-refractivity contribution < 1.29 is 0 Å². The lowest BCUT2D eigenvalue weighted by Gasteiger charge is -2.38. The first-order valence-corrected chi connectivity index (χ1v) is 7.02. The Kier molecular flexibility index (Phi) is 2.71. The second-order valence-electron chi connectivity index (χ2n) is 5.43. The van der Waals surface area contributed by atoms with Crippen LogP contribution in [0.4, 0.5) is 11.8 Å². The summed E-state index contributed by atoms with van der Waals surface area (Å²) in [5.74, 6) is 6.80. The molecule has 1 unspecified atom stereocenters. The number of hydrogen-bond acceptors (Lipinski definition) is 7. The minimum Gasteiger partial charge on any atom is -0.353 e. The molecule has 1 atom stereocenters. The Morgan fingerprint density at radius 2 is 2.25 bits per heavy atom. The molecule has 0 amide bonds. The number of hydrazine groups is 1. The topological polar surface area (TPSA) is 99.0 Å². The number of nitrogens with two attached hydrogens (primary N) is 1. The maximum atomic E-state index is 5.46. The van der Waals surface area contributed by atoms with Gasteiger partial charge in [0.05, 0.1) is 11.6 Å². The van der Waals surface area contributed by atoms with Gasteiger partial charge in [0.1, 0.15) is 5.82 Å². The Bertz CT molecular complexity index is 623. The minimum absolute atomic E-state index is 0.422. The molecule has 0 radical (unpaired) electrons. The van der Waals surface area contributed by atoms with Gasteiger partial charge < -0.3 is 4.90 Å². The third kappa shape index (κ3) is 1.80. The standard InChI is InChI=1S/C12H18N8/c13-17-12-15-10-9(6-14-18-10)11(16-12)20-5-4-19-3-1-2-8(19)7-20/h6,8H,1-5,7,13H2,(H2,14,15,16,17,18). The van der Waals surface area contributed by atoms with Crippen LogP contribution in [0.5, 0.6) is 0 Å². The smallest absolute Gasteiger partial charge is 0.241 e. The molecule has 2 fully saturated rings. The summed E-state index contributed by atoms with van der Waals surface area (Å²) in [5.41, 5.74) is 3.25. The third-order valence-electron chi connectivity index (χ3n) is 4.31. The fourth-order valence-corrected chi connectivity index (χ4v) is 3.31. The summed E-state index contributed by atoms with van der Waals surface area (Å²) in [4.78, 5) is 13.7. The van der Waals surface area contributed by atoms with Crippen LogP contribution in [0.1, 0.15) is 12.8 Å². The second kappa shape index (κ2) is 4.57. The molecular formula is C12H18N8. The summed E-state index contributed by atoms with van der Waals surface area (Å²) >= 11 is 0. The highest BCUT2D eigenvalue weighted by Crippen LogP contribution is 2.28. The van der Waals surface area contributed by atoms with Gasteiger partial charge in [-0.1, -0.05) is 0 Å². The molecule has 0 aromatic carbocycles. The second-order valence-corrected chi connectivity index (χ2v) is 5.43. The first-order chi connectivity index (χ1) is 9.85. The lowest BCUT2D eigenvalue weighted by Crippen LogP contribution is -2.50. The van der Waals surface area contributed by atoms with E-state index in [1.54, 1.807) is 6.20 Å². The number of nitrogen functional groups attached to an aromatic ring is 1. The lowest BCUT2D eigenvalue weighted by molar-refractivity contribution is 0.230. The molecule has 106 valence electrons. The average Bonchev–Trinajstić information content (AvgIpc) is 3.13. The van der Waals surface area contributed by atoms with Crippen LogP contribution in [0.25, 0.3) is 11.0 Å². The Morgan fingerprint density at radius 3 is 3.15 bits per heavy atom. The zero-order valence-corrected chi connectivity index (χ0v) is 11.2. The molecule has 0 bridgehead atoms. The maximum absolute atomic E-state index is 5.46. The summed E-state index contributed by atoms with van der Waals surface area (Å²) in [7, 11) is 0. The average molecular weight is 274 g/mol. The molecule has 4 N–H and O–H groups in total. The van der Waals surface area contributed by atoms with Crippen LogP contribution in [-0.2, 0) is 0 Å². The van der Waals surface area contributed by atoms with E-state index in [0.29, 0.717) is 12.0 Å². The molecule has 4 heterocycles. The van der Waals surface area contributed by atoms with Gasteiger partial charge in [0.2, 0.25) is 5.95 Å². The SMILES string of the molecule is NNc1nc(N2CCN3CCCC3C2)c2cn[nH]c2n1. The number of nitrogens with one attached hydrogen (secondary N) is 2. The van der Waals surface area contributed by atoms with Gasteiger partial charge in [0, 0.05) is 25.7 Å². The van der Waals surface area contributed by atoms with Crippen molar-refractivity contribution in [1.82, 2.24) is 25.1 Å². The van der Waals surface area contributed by atoms with Gasteiger partial charge in [-0.25, -0.2) is 5.84 Å². The molecule has 4 rings (SSSR count). The van der Waals surface area contributed by atoms with Crippen molar-refractivity contribution >= 4 is 22.8 Å². The quantitative estimate of drug-likeness (QED) is 0.520. The van der Waals surface area contributed by atoms with E-state index in [9.17, 15) is 0 Å². The van der Waals surface area contributed by atoms with Gasteiger partial charge in [0.15, 0.2) is 5.65 Å². The van der Waals surface area contributed by atoms with Crippen LogP contribution in [0.2, 0.25) is 0 Å². The van der Waals surface area contributed by atoms with Crippen molar-refractivity contribution in [2.45, 2.75) is 18.9 Å². The van der Waals surface area contributed by atoms with Crippen molar-refractivity contribution in [1.29, 1.82) is 0 Å². The van der Waals surface area contributed by atoms with Crippen molar-refractivity contribution in [3.8, 4) is 0 Å². The molecule has 2 aliphatic heterocycles. The Labute approximate surface area is 116 Å². The van der Waals surface area contributed by atoms with Gasteiger partial charge in [-0.05, 0) is 19.4 Å². The highest BCUT2D eigenvalue weighted by Gasteiger charge is 2.32. The van der Waals surface area contributed by atoms with Crippen LogP contribution < -0.4 is 16.2 Å². The number of aromatic nitrogens is 4. The summed E-state index contributed by atoms with van der Waals surface area (Å²) in [6.07, 6.45) is 4.36. The van der Waals surface area contributed by atoms with Crippen LogP contribution in [0.15, 0.2) is 6.20 Å². The summed E-state index contributed by atoms with van der Waals surface area (Å²) in [6, 6.07) is 0.648. The zero-order valence-electron chi connectivity index (χ0n) is 11.2. The van der Waals surface area contributed by atoms with E-state index in [-0.39, 0.29) is 0 Å². The van der Waals surface area contributed by atoms with Gasteiger partial charge in [-0.15, -0.1) is 0 Å². The molecule has 2 aromatic heterocycles. The van der Waals surface area contributed by atoms with E-state index in [1.165, 1.54) is 19.4 Å². The minimum atomic E-state index is 0.422. The van der Waals surface area contributed by atoms with Gasteiger partial charge in [0.25, 0.3) is 0 Å². The fraction of sp³-hybridized carbons (Fsp3) is 0.583. The van der Waals surface area contributed by atoms with Crippen molar-refractivity contribution in [3.63, 3.8) is 0 Å². The largest absolute Gasteiger partial charge is 0.353 e. The first-order valence-electron chi connectivity index (χ1n) is 7.02. The highest BCUT2D eigenvalue weighted by molar-refractivity contribution is 5.87. The molecule has 20 heavy (non-hydrogen) atoms. The predicted octanol–water partition coefficient (Wildman–Crippen LogP) is -0.0771. The highest BCUT2D eigenvalue weighted by atomic mass is 15.4. The Morgan fingerprint density at radius 1 is 1.30 bits per heavy atom. The van der Waals surface area contributed by atoms with E-state index in [4.69, 9.17) is 5.84 Å². The molecule has 0 spiro atoms. The molecule has 0 aliphatic carbocycles. The third-order valence-corrected chi connectivity index (χ3v) is 4.31. The van der Waals surface area contributed by atoms with Crippen LogP contribution in [-0.4, -0.2) is 57.3 Å². The van der Waals surface area contributed by atoms with E-state index >= 15 is 0 Å². The van der Waals surface area contributed by atoms with Crippen LogP contribution in [0.3, 0.4) is 0 Å². The molecular weight excluding hydrogens is 256 g/mol. The number of H-pyrrole nitrogens is 1. The number of fused-ring (bicyclic) bond motifs is 2. The van der Waals surface area contributed by atoms with E-state index in [1.807, 2.05) is 0 Å². The summed E-state index contributed by atoms with van der Waals surface area (Å²) in [6.45, 7) is 4.33. The van der Waals surface area contributed by atoms with Gasteiger partial charge in [-0.3, -0.25) is 15.4 Å². The van der Waals surface area contributed by atoms with Gasteiger partial charge >= 0.3 is 0 Å². The number of piperazine rings is 1. The van der Waals surface area contributed by atoms with E-state index in [0.717, 1.165) is 36.5 Å². The first kappa shape index (κ1) is 11.9. The van der Waals surface area contributed by atoms with E-state index < -0.39 is 0 Å². The summed E-state index contributed by atoms with van der Waals surface area (Å²) < 4.78 is 0. The van der Waals surface area contributed by atoms with Crippen molar-refractivity contribution in [2.24, 2.45) is 5.84 Å². The monoisotopic (exact) mass is 274 g/mol. The number of hydrogen-bond donors (Lipinski definition) is 3. The normalized spacial score (nSPS) is 23.2. The molecule has 0 saturated carbocycles. The van der Waals surface area contributed by atoms with Gasteiger partial charge in [-0.2, -0.15) is 15.1 Å². The molecule has 2 aromatic rings. The van der Waals surface area contributed by atoms with E-state index in [2.05, 4.69) is 35.4 Å². The molecule has 8 heteroatoms. The molecule has 8 nitrogen and oxygen atoms in total. The number of anilines is 2. The Balaban J connectivity index is 1.72. The summed E-state index contributed by atoms with van der Waals surface area (Å²) in [5, 5.41) is 7.91. The fourth-order valence-electron chi connectivity index (χ4n) is 3.31. The van der Waals surface area contributed by atoms with Crippen molar-refractivity contribution in [2.75, 3.05) is 36.5 Å².